The van der Waals surface area contributed by atoms with E-state index in [4.69, 9.17) is 0 Å². The lowest BCUT2D eigenvalue weighted by Crippen LogP contribution is -2.45. The van der Waals surface area contributed by atoms with Gasteiger partial charge in [-0.2, -0.15) is 0 Å². The molecule has 2 aliphatic rings. The van der Waals surface area contributed by atoms with Gasteiger partial charge in [-0.05, 0) is 43.0 Å². The van der Waals surface area contributed by atoms with Gasteiger partial charge in [0.25, 0.3) is 0 Å². The van der Waals surface area contributed by atoms with Crippen LogP contribution in [-0.2, 0) is 22.6 Å². The van der Waals surface area contributed by atoms with Gasteiger partial charge in [-0.3, -0.25) is 14.0 Å². The highest BCUT2D eigenvalue weighted by molar-refractivity contribution is 5.99. The third kappa shape index (κ3) is 3.34. The van der Waals surface area contributed by atoms with Crippen LogP contribution < -0.4 is 10.2 Å². The number of hydrogen-bond acceptors (Lipinski definition) is 4. The molecule has 7 heteroatoms. The van der Waals surface area contributed by atoms with Crippen LogP contribution in [0.5, 0.6) is 0 Å². The zero-order valence-electron chi connectivity index (χ0n) is 16.8. The van der Waals surface area contributed by atoms with Crippen molar-refractivity contribution in [3.63, 3.8) is 0 Å². The smallest absolute Gasteiger partial charge is 0.230 e. The molecule has 2 amide bonds. The molecule has 2 atom stereocenters. The summed E-state index contributed by atoms with van der Waals surface area (Å²) in [6.07, 6.45) is 6.25. The summed E-state index contributed by atoms with van der Waals surface area (Å²) in [6.45, 7) is 1.00. The third-order valence-electron chi connectivity index (χ3n) is 6.38. The zero-order valence-corrected chi connectivity index (χ0v) is 16.8. The van der Waals surface area contributed by atoms with Gasteiger partial charge in [0.05, 0.1) is 12.5 Å². The van der Waals surface area contributed by atoms with Gasteiger partial charge in [-0.1, -0.05) is 37.1 Å². The Morgan fingerprint density at radius 1 is 1.00 bits per heavy atom. The molecule has 0 radical (unpaired) electrons. The number of aromatic nitrogens is 3. The minimum atomic E-state index is -0.293. The van der Waals surface area contributed by atoms with Crippen molar-refractivity contribution >= 4 is 23.1 Å². The molecule has 1 aliphatic carbocycles. The normalized spacial score (nSPS) is 20.9. The Balaban J connectivity index is 1.30. The number of carbonyl (C=O) groups is 2. The Labute approximate surface area is 175 Å². The minimum absolute atomic E-state index is 0.0618. The summed E-state index contributed by atoms with van der Waals surface area (Å²) in [5, 5.41) is 11.3. The number of hydrogen-bond donors (Lipinski definition) is 1. The number of nitrogens with one attached hydrogen (secondary N) is 1. The van der Waals surface area contributed by atoms with Gasteiger partial charge in [-0.25, -0.2) is 0 Å². The van der Waals surface area contributed by atoms with Gasteiger partial charge in [0.2, 0.25) is 11.8 Å². The van der Waals surface area contributed by atoms with Crippen molar-refractivity contribution in [2.45, 2.75) is 38.6 Å². The first kappa shape index (κ1) is 18.8. The molecule has 1 N–H and O–H groups in total. The van der Waals surface area contributed by atoms with E-state index in [2.05, 4.69) is 21.6 Å². The molecular weight excluding hydrogens is 378 g/mol. The second kappa shape index (κ2) is 7.89. The van der Waals surface area contributed by atoms with Gasteiger partial charge in [-0.15, -0.1) is 10.2 Å². The van der Waals surface area contributed by atoms with E-state index in [0.717, 1.165) is 43.4 Å². The van der Waals surface area contributed by atoms with E-state index in [1.54, 1.807) is 0 Å². The van der Waals surface area contributed by atoms with Crippen LogP contribution in [0.3, 0.4) is 0 Å². The zero-order chi connectivity index (χ0) is 20.5. The molecule has 1 aliphatic heterocycles. The van der Waals surface area contributed by atoms with E-state index in [9.17, 15) is 9.59 Å². The number of rotatable bonds is 4. The fourth-order valence-corrected chi connectivity index (χ4v) is 4.82. The fourth-order valence-electron chi connectivity index (χ4n) is 4.82. The van der Waals surface area contributed by atoms with Gasteiger partial charge in [0, 0.05) is 24.3 Å². The molecule has 3 aromatic rings. The first-order valence-electron chi connectivity index (χ1n) is 10.7. The van der Waals surface area contributed by atoms with Crippen molar-refractivity contribution in [1.29, 1.82) is 0 Å². The standard InChI is InChI=1S/C23H25N5O2/c29-22(24-15-21-26-25-20-11-5-6-13-28(20)21)17-8-2-3-9-18(17)23(30)27-14-12-16-7-1-4-10-19(16)27/h1,4-7,10-11,13,17-18H,2-3,8-9,12,14-15H2,(H,24,29)/t17-,18-/m0/s1. The molecular formula is C23H25N5O2. The van der Waals surface area contributed by atoms with Crippen LogP contribution in [0.2, 0.25) is 0 Å². The van der Waals surface area contributed by atoms with Crippen LogP contribution in [0.1, 0.15) is 37.1 Å². The van der Waals surface area contributed by atoms with Gasteiger partial charge >= 0.3 is 0 Å². The SMILES string of the molecule is O=C(NCc1nnc2ccccn12)[C@H]1CCCC[C@@H]1C(=O)N1CCc2ccccc21. The monoisotopic (exact) mass is 403 g/mol. The Kier molecular flexibility index (Phi) is 4.94. The van der Waals surface area contributed by atoms with E-state index < -0.39 is 0 Å². The topological polar surface area (TPSA) is 79.6 Å². The molecule has 154 valence electrons. The fraction of sp³-hybridized carbons (Fsp3) is 0.391. The van der Waals surface area contributed by atoms with Crippen LogP contribution >= 0.6 is 0 Å². The van der Waals surface area contributed by atoms with Gasteiger partial charge in [0.15, 0.2) is 11.5 Å². The number of carbonyl (C=O) groups excluding carboxylic acids is 2. The summed E-state index contributed by atoms with van der Waals surface area (Å²) < 4.78 is 1.87. The lowest BCUT2D eigenvalue weighted by molar-refractivity contribution is -0.135. The molecule has 7 nitrogen and oxygen atoms in total. The predicted molar refractivity (Wildman–Crippen MR) is 113 cm³/mol. The van der Waals surface area contributed by atoms with E-state index in [1.807, 2.05) is 51.9 Å². The molecule has 2 aromatic heterocycles. The van der Waals surface area contributed by atoms with Crippen molar-refractivity contribution in [2.75, 3.05) is 11.4 Å². The molecule has 0 spiro atoms. The highest BCUT2D eigenvalue weighted by Gasteiger charge is 2.39. The van der Waals surface area contributed by atoms with Gasteiger partial charge in [0.1, 0.15) is 0 Å². The minimum Gasteiger partial charge on any atom is -0.349 e. The predicted octanol–water partition coefficient (Wildman–Crippen LogP) is 2.74. The summed E-state index contributed by atoms with van der Waals surface area (Å²) in [6, 6.07) is 13.8. The van der Waals surface area contributed by atoms with Crippen molar-refractivity contribution in [3.8, 4) is 0 Å². The molecule has 0 bridgehead atoms. The molecule has 0 saturated heterocycles. The van der Waals surface area contributed by atoms with Crippen molar-refractivity contribution in [3.05, 3.63) is 60.0 Å². The van der Waals surface area contributed by atoms with Crippen molar-refractivity contribution in [1.82, 2.24) is 19.9 Å². The van der Waals surface area contributed by atoms with Crippen molar-refractivity contribution < 1.29 is 9.59 Å². The number of anilines is 1. The van der Waals surface area contributed by atoms with Crippen molar-refractivity contribution in [2.24, 2.45) is 11.8 Å². The Morgan fingerprint density at radius 3 is 2.70 bits per heavy atom. The molecule has 0 unspecified atom stereocenters. The van der Waals surface area contributed by atoms with Crippen LogP contribution in [0, 0.1) is 11.8 Å². The first-order valence-corrected chi connectivity index (χ1v) is 10.7. The maximum atomic E-state index is 13.4. The molecule has 3 heterocycles. The Hall–Kier alpha value is -3.22. The number of pyridine rings is 1. The quantitative estimate of drug-likeness (QED) is 0.726. The Morgan fingerprint density at radius 2 is 1.80 bits per heavy atom. The van der Waals surface area contributed by atoms with Gasteiger partial charge < -0.3 is 10.2 Å². The third-order valence-corrected chi connectivity index (χ3v) is 6.38. The number of nitrogens with zero attached hydrogens (tertiary/aromatic N) is 4. The number of fused-ring (bicyclic) bond motifs is 2. The number of amides is 2. The summed E-state index contributed by atoms with van der Waals surface area (Å²) in [5.74, 6) is 0.158. The molecule has 1 fully saturated rings. The molecule has 5 rings (SSSR count). The summed E-state index contributed by atoms with van der Waals surface area (Å²) in [5.41, 5.74) is 2.96. The highest BCUT2D eigenvalue weighted by atomic mass is 16.2. The molecule has 1 aromatic carbocycles. The largest absolute Gasteiger partial charge is 0.349 e. The van der Waals surface area contributed by atoms with E-state index in [1.165, 1.54) is 5.56 Å². The maximum absolute atomic E-state index is 13.4. The maximum Gasteiger partial charge on any atom is 0.230 e. The molecule has 1 saturated carbocycles. The number of para-hydroxylation sites is 1. The van der Waals surface area contributed by atoms with Crippen LogP contribution in [0.4, 0.5) is 5.69 Å². The Bertz CT molecular complexity index is 1090. The first-order chi connectivity index (χ1) is 14.7. The second-order valence-electron chi connectivity index (χ2n) is 8.13. The lowest BCUT2D eigenvalue weighted by atomic mass is 9.77. The van der Waals surface area contributed by atoms with Crippen LogP contribution in [0.25, 0.3) is 5.65 Å². The number of benzene rings is 1. The van der Waals surface area contributed by atoms with Crippen LogP contribution in [-0.4, -0.2) is 33.0 Å². The van der Waals surface area contributed by atoms with E-state index in [0.29, 0.717) is 18.9 Å². The summed E-state index contributed by atoms with van der Waals surface area (Å²) >= 11 is 0. The lowest BCUT2D eigenvalue weighted by Gasteiger charge is -2.32. The van der Waals surface area contributed by atoms with Crippen LogP contribution in [0.15, 0.2) is 48.7 Å². The highest BCUT2D eigenvalue weighted by Crippen LogP contribution is 2.35. The van der Waals surface area contributed by atoms with E-state index in [-0.39, 0.29) is 23.7 Å². The second-order valence-corrected chi connectivity index (χ2v) is 8.13. The summed E-state index contributed by atoms with van der Waals surface area (Å²) in [7, 11) is 0. The average molecular weight is 403 g/mol. The van der Waals surface area contributed by atoms with E-state index >= 15 is 0 Å². The summed E-state index contributed by atoms with van der Waals surface area (Å²) in [4.78, 5) is 28.4. The molecule has 30 heavy (non-hydrogen) atoms. The average Bonchev–Trinajstić information content (AvgIpc) is 3.41.